The molecule has 1 aliphatic heterocycles. The van der Waals surface area contributed by atoms with Crippen molar-refractivity contribution in [2.75, 3.05) is 23.4 Å². The van der Waals surface area contributed by atoms with E-state index in [1.54, 1.807) is 36.4 Å². The second-order valence-corrected chi connectivity index (χ2v) is 8.77. The van der Waals surface area contributed by atoms with Crippen LogP contribution in [0.2, 0.25) is 0 Å². The molecule has 0 spiro atoms. The topological polar surface area (TPSA) is 102 Å². The number of nitrogens with zero attached hydrogens (tertiary/aromatic N) is 1. The van der Waals surface area contributed by atoms with Crippen LogP contribution in [0.4, 0.5) is 11.4 Å². The number of hydrogen-bond donors (Lipinski definition) is 1. The highest BCUT2D eigenvalue weighted by molar-refractivity contribution is 6.22. The summed E-state index contributed by atoms with van der Waals surface area (Å²) in [6.07, 6.45) is 2.41. The Hall–Kier alpha value is -3.68. The first-order chi connectivity index (χ1) is 16.4. The summed E-state index contributed by atoms with van der Waals surface area (Å²) < 4.78 is 10.5. The van der Waals surface area contributed by atoms with E-state index in [4.69, 9.17) is 9.47 Å². The average molecular weight is 465 g/mol. The quantitative estimate of drug-likeness (QED) is 0.494. The highest BCUT2D eigenvalue weighted by atomic mass is 16.5. The van der Waals surface area contributed by atoms with Crippen LogP contribution in [-0.4, -0.2) is 36.9 Å². The first kappa shape index (κ1) is 23.5. The van der Waals surface area contributed by atoms with Crippen LogP contribution in [0.3, 0.4) is 0 Å². The third-order valence-electron chi connectivity index (χ3n) is 6.33. The van der Waals surface area contributed by atoms with Crippen molar-refractivity contribution in [3.63, 3.8) is 0 Å². The number of nitrogens with one attached hydrogen (secondary N) is 1. The maximum atomic E-state index is 12.9. The van der Waals surface area contributed by atoms with E-state index < -0.39 is 18.5 Å². The predicted molar refractivity (Wildman–Crippen MR) is 125 cm³/mol. The van der Waals surface area contributed by atoms with E-state index in [9.17, 15) is 19.2 Å². The zero-order valence-corrected chi connectivity index (χ0v) is 19.3. The first-order valence-electron chi connectivity index (χ1n) is 11.5. The van der Waals surface area contributed by atoms with Crippen LogP contribution in [-0.2, 0) is 19.1 Å². The Balaban J connectivity index is 1.32. The van der Waals surface area contributed by atoms with Crippen molar-refractivity contribution in [3.8, 4) is 5.75 Å². The Morgan fingerprint density at radius 3 is 2.32 bits per heavy atom. The van der Waals surface area contributed by atoms with Gasteiger partial charge < -0.3 is 14.8 Å². The van der Waals surface area contributed by atoms with Crippen LogP contribution in [0.25, 0.3) is 0 Å². The zero-order chi connectivity index (χ0) is 24.2. The molecule has 34 heavy (non-hydrogen) atoms. The standard InChI is InChI=1S/C26H28N2O6/c1-3-33-20-11-7-18(8-12-20)27-23(29)15-34-26(32)17-5-9-19(10-6-17)28-24(30)21-13-4-16(2)14-22(21)25(28)31/h5-12,16,21-22H,3-4,13-15H2,1-2H3,(H,27,29)/t16-,21+,22+/m0/s1. The summed E-state index contributed by atoms with van der Waals surface area (Å²) in [5.74, 6) is -0.847. The minimum absolute atomic E-state index is 0.164. The van der Waals surface area contributed by atoms with Gasteiger partial charge in [-0.2, -0.15) is 0 Å². The zero-order valence-electron chi connectivity index (χ0n) is 19.3. The fourth-order valence-corrected chi connectivity index (χ4v) is 4.60. The molecule has 2 aromatic rings. The largest absolute Gasteiger partial charge is 0.494 e. The number of anilines is 2. The number of esters is 1. The summed E-state index contributed by atoms with van der Waals surface area (Å²) in [7, 11) is 0. The minimum Gasteiger partial charge on any atom is -0.494 e. The summed E-state index contributed by atoms with van der Waals surface area (Å²) in [6, 6.07) is 13.0. The van der Waals surface area contributed by atoms with E-state index in [1.807, 2.05) is 6.92 Å². The Labute approximate surface area is 198 Å². The smallest absolute Gasteiger partial charge is 0.338 e. The molecule has 1 aliphatic carbocycles. The van der Waals surface area contributed by atoms with Gasteiger partial charge in [-0.3, -0.25) is 19.3 Å². The molecular formula is C26H28N2O6. The van der Waals surface area contributed by atoms with Crippen LogP contribution in [0.1, 0.15) is 43.5 Å². The van der Waals surface area contributed by atoms with E-state index >= 15 is 0 Å². The Morgan fingerprint density at radius 2 is 1.65 bits per heavy atom. The molecule has 1 heterocycles. The summed E-state index contributed by atoms with van der Waals surface area (Å²) in [6.45, 7) is 4.09. The lowest BCUT2D eigenvalue weighted by Crippen LogP contribution is -2.30. The molecule has 0 radical (unpaired) electrons. The SMILES string of the molecule is CCOc1ccc(NC(=O)COC(=O)c2ccc(N3C(=O)[C@@H]4CC[C@H](C)C[C@H]4C3=O)cc2)cc1. The Bertz CT molecular complexity index is 1080. The number of hydrogen-bond acceptors (Lipinski definition) is 6. The molecule has 0 unspecified atom stereocenters. The van der Waals surface area contributed by atoms with Crippen LogP contribution in [0.15, 0.2) is 48.5 Å². The van der Waals surface area contributed by atoms with Gasteiger partial charge in [-0.25, -0.2) is 4.79 Å². The van der Waals surface area contributed by atoms with Gasteiger partial charge in [-0.15, -0.1) is 0 Å². The van der Waals surface area contributed by atoms with Gasteiger partial charge in [0.1, 0.15) is 5.75 Å². The van der Waals surface area contributed by atoms with E-state index in [-0.39, 0.29) is 29.2 Å². The first-order valence-corrected chi connectivity index (χ1v) is 11.5. The lowest BCUT2D eigenvalue weighted by Gasteiger charge is -2.25. The fraction of sp³-hybridized carbons (Fsp3) is 0.385. The molecule has 8 heteroatoms. The van der Waals surface area contributed by atoms with Crippen molar-refractivity contribution in [3.05, 3.63) is 54.1 Å². The molecule has 4 rings (SSSR count). The summed E-state index contributed by atoms with van der Waals surface area (Å²) in [4.78, 5) is 51.4. The number of rotatable bonds is 7. The average Bonchev–Trinajstić information content (AvgIpc) is 3.08. The minimum atomic E-state index is -0.671. The van der Waals surface area contributed by atoms with Gasteiger partial charge in [-0.05, 0) is 80.6 Å². The monoisotopic (exact) mass is 464 g/mol. The predicted octanol–water partition coefficient (Wildman–Crippen LogP) is 3.81. The summed E-state index contributed by atoms with van der Waals surface area (Å²) in [5.41, 5.74) is 1.23. The number of ether oxygens (including phenoxy) is 2. The number of benzene rings is 2. The van der Waals surface area contributed by atoms with E-state index in [2.05, 4.69) is 12.2 Å². The fourth-order valence-electron chi connectivity index (χ4n) is 4.60. The second-order valence-electron chi connectivity index (χ2n) is 8.77. The van der Waals surface area contributed by atoms with Crippen molar-refractivity contribution in [1.82, 2.24) is 0 Å². The molecule has 2 aromatic carbocycles. The number of carbonyl (C=O) groups is 4. The molecule has 3 atom stereocenters. The third-order valence-corrected chi connectivity index (χ3v) is 6.33. The van der Waals surface area contributed by atoms with Crippen LogP contribution in [0, 0.1) is 17.8 Å². The van der Waals surface area contributed by atoms with Crippen molar-refractivity contribution < 1.29 is 28.7 Å². The normalized spacial score (nSPS) is 21.7. The van der Waals surface area contributed by atoms with Gasteiger partial charge in [0.2, 0.25) is 11.8 Å². The molecule has 1 saturated heterocycles. The van der Waals surface area contributed by atoms with Crippen LogP contribution < -0.4 is 15.0 Å². The lowest BCUT2D eigenvalue weighted by molar-refractivity contribution is -0.122. The van der Waals surface area contributed by atoms with Crippen molar-refractivity contribution >= 4 is 35.1 Å². The Kier molecular flexibility index (Phi) is 6.95. The highest BCUT2D eigenvalue weighted by Gasteiger charge is 2.49. The molecule has 1 N–H and O–H groups in total. The molecule has 2 fully saturated rings. The van der Waals surface area contributed by atoms with Gasteiger partial charge in [0, 0.05) is 5.69 Å². The number of carbonyl (C=O) groups excluding carboxylic acids is 4. The molecule has 1 saturated carbocycles. The maximum Gasteiger partial charge on any atom is 0.338 e. The van der Waals surface area contributed by atoms with E-state index in [0.29, 0.717) is 29.6 Å². The van der Waals surface area contributed by atoms with Crippen LogP contribution >= 0.6 is 0 Å². The molecule has 2 aliphatic rings. The van der Waals surface area contributed by atoms with E-state index in [0.717, 1.165) is 19.3 Å². The highest BCUT2D eigenvalue weighted by Crippen LogP contribution is 2.42. The lowest BCUT2D eigenvalue weighted by atomic mass is 9.76. The second kappa shape index (κ2) is 10.1. The van der Waals surface area contributed by atoms with Gasteiger partial charge in [0.05, 0.1) is 29.7 Å². The maximum absolute atomic E-state index is 12.9. The summed E-state index contributed by atoms with van der Waals surface area (Å²) >= 11 is 0. The van der Waals surface area contributed by atoms with Crippen molar-refractivity contribution in [2.45, 2.75) is 33.1 Å². The molecule has 0 bridgehead atoms. The van der Waals surface area contributed by atoms with Crippen molar-refractivity contribution in [1.29, 1.82) is 0 Å². The van der Waals surface area contributed by atoms with Gasteiger partial charge >= 0.3 is 5.97 Å². The van der Waals surface area contributed by atoms with Gasteiger partial charge in [0.15, 0.2) is 6.61 Å². The molecule has 8 nitrogen and oxygen atoms in total. The number of imide groups is 1. The van der Waals surface area contributed by atoms with Crippen molar-refractivity contribution in [2.24, 2.45) is 17.8 Å². The molecule has 3 amide bonds. The summed E-state index contributed by atoms with van der Waals surface area (Å²) in [5, 5.41) is 2.65. The molecule has 0 aromatic heterocycles. The van der Waals surface area contributed by atoms with Gasteiger partial charge in [-0.1, -0.05) is 6.92 Å². The number of fused-ring (bicyclic) bond motifs is 1. The molecule has 178 valence electrons. The van der Waals surface area contributed by atoms with Crippen LogP contribution in [0.5, 0.6) is 5.75 Å². The number of amides is 3. The van der Waals surface area contributed by atoms with Gasteiger partial charge in [0.25, 0.3) is 5.91 Å². The molecular weight excluding hydrogens is 436 g/mol. The van der Waals surface area contributed by atoms with E-state index in [1.165, 1.54) is 17.0 Å². The Morgan fingerprint density at radius 1 is 0.971 bits per heavy atom. The third kappa shape index (κ3) is 4.95.